The van der Waals surface area contributed by atoms with Crippen molar-refractivity contribution in [2.24, 2.45) is 0 Å². The van der Waals surface area contributed by atoms with E-state index in [-0.39, 0.29) is 10.8 Å². The van der Waals surface area contributed by atoms with Gasteiger partial charge >= 0.3 is 0 Å². The van der Waals surface area contributed by atoms with Crippen molar-refractivity contribution in [2.75, 3.05) is 0 Å². The number of nitriles is 1. The van der Waals surface area contributed by atoms with Crippen LogP contribution in [0.4, 0.5) is 0 Å². The van der Waals surface area contributed by atoms with Crippen LogP contribution in [-0.4, -0.2) is 0 Å². The van der Waals surface area contributed by atoms with E-state index in [9.17, 15) is 0 Å². The standard InChI is InChI=1S/C26H33N.C8H12/c1-8-15-26(6,7)24-17-23(25(3,4)5)14-13-22(24)12-11-21-10-9-20(18-27)16-19(21)2;1-7-5-3-4-6-8(7)2/h8-10,13-17H,11-12H2,1-7H3;3,5H,4,6H2,1-2H3. The summed E-state index contributed by atoms with van der Waals surface area (Å²) in [4.78, 5) is 0. The van der Waals surface area contributed by atoms with Crippen molar-refractivity contribution in [3.63, 3.8) is 0 Å². The first-order valence-electron chi connectivity index (χ1n) is 13.0. The van der Waals surface area contributed by atoms with E-state index in [0.717, 1.165) is 18.4 Å². The normalized spacial score (nSPS) is 14.1. The van der Waals surface area contributed by atoms with Crippen LogP contribution in [0.1, 0.15) is 102 Å². The Kier molecular flexibility index (Phi) is 9.91. The Morgan fingerprint density at radius 3 is 2.09 bits per heavy atom. The Hall–Kier alpha value is -2.85. The van der Waals surface area contributed by atoms with E-state index >= 15 is 0 Å². The third kappa shape index (κ3) is 8.10. The van der Waals surface area contributed by atoms with Crippen molar-refractivity contribution in [3.8, 4) is 6.07 Å². The zero-order chi connectivity index (χ0) is 26.2. The molecule has 0 unspecified atom stereocenters. The molecule has 0 saturated heterocycles. The Morgan fingerprint density at radius 1 is 0.914 bits per heavy atom. The Morgan fingerprint density at radius 2 is 1.57 bits per heavy atom. The van der Waals surface area contributed by atoms with Crippen molar-refractivity contribution in [1.82, 2.24) is 0 Å². The number of hydrogen-bond donors (Lipinski definition) is 0. The van der Waals surface area contributed by atoms with Crippen LogP contribution in [0.3, 0.4) is 0 Å². The molecule has 0 fully saturated rings. The van der Waals surface area contributed by atoms with E-state index in [4.69, 9.17) is 5.26 Å². The van der Waals surface area contributed by atoms with E-state index in [1.165, 1.54) is 46.2 Å². The lowest BCUT2D eigenvalue weighted by atomic mass is 9.76. The van der Waals surface area contributed by atoms with Gasteiger partial charge in [-0.15, -0.1) is 0 Å². The van der Waals surface area contributed by atoms with Gasteiger partial charge in [0.05, 0.1) is 11.6 Å². The van der Waals surface area contributed by atoms with Gasteiger partial charge in [0.1, 0.15) is 0 Å². The zero-order valence-electron chi connectivity index (χ0n) is 23.5. The second kappa shape index (κ2) is 12.2. The molecule has 2 aromatic rings. The zero-order valence-corrected chi connectivity index (χ0v) is 23.5. The fourth-order valence-electron chi connectivity index (χ4n) is 4.58. The second-order valence-electron chi connectivity index (χ2n) is 11.5. The second-order valence-corrected chi connectivity index (χ2v) is 11.5. The van der Waals surface area contributed by atoms with E-state index in [2.05, 4.69) is 117 Å². The molecule has 0 heterocycles. The minimum atomic E-state index is 0.00501. The van der Waals surface area contributed by atoms with Crippen molar-refractivity contribution < 1.29 is 0 Å². The molecule has 0 saturated carbocycles. The van der Waals surface area contributed by atoms with Gasteiger partial charge in [-0.05, 0) is 98.7 Å². The predicted octanol–water partition coefficient (Wildman–Crippen LogP) is 9.48. The molecule has 0 spiro atoms. The first-order valence-corrected chi connectivity index (χ1v) is 13.0. The van der Waals surface area contributed by atoms with Gasteiger partial charge in [0.2, 0.25) is 0 Å². The maximum Gasteiger partial charge on any atom is 0.0991 e. The molecule has 1 nitrogen and oxygen atoms in total. The van der Waals surface area contributed by atoms with Gasteiger partial charge in [0, 0.05) is 5.41 Å². The van der Waals surface area contributed by atoms with E-state index in [0.29, 0.717) is 0 Å². The van der Waals surface area contributed by atoms with Crippen LogP contribution in [0.2, 0.25) is 0 Å². The summed E-state index contributed by atoms with van der Waals surface area (Å²) >= 11 is 0. The maximum absolute atomic E-state index is 9.07. The summed E-state index contributed by atoms with van der Waals surface area (Å²) in [6.07, 6.45) is 13.4. The smallest absolute Gasteiger partial charge is 0.0991 e. The highest BCUT2D eigenvalue weighted by Crippen LogP contribution is 2.33. The Bertz CT molecular complexity index is 1140. The maximum atomic E-state index is 9.07. The van der Waals surface area contributed by atoms with Crippen LogP contribution in [0.15, 0.2) is 71.8 Å². The van der Waals surface area contributed by atoms with Crippen molar-refractivity contribution in [2.45, 2.75) is 98.8 Å². The van der Waals surface area contributed by atoms with Crippen molar-refractivity contribution in [1.29, 1.82) is 5.26 Å². The van der Waals surface area contributed by atoms with Crippen LogP contribution in [0, 0.1) is 18.3 Å². The third-order valence-corrected chi connectivity index (χ3v) is 7.12. The van der Waals surface area contributed by atoms with Gasteiger partial charge in [-0.1, -0.05) is 94.3 Å². The number of nitrogens with zero attached hydrogens (tertiary/aromatic N) is 1. The van der Waals surface area contributed by atoms with Gasteiger partial charge < -0.3 is 0 Å². The summed E-state index contributed by atoms with van der Waals surface area (Å²) < 4.78 is 0. The first-order chi connectivity index (χ1) is 16.4. The lowest BCUT2D eigenvalue weighted by molar-refractivity contribution is 0.582. The molecule has 1 heteroatoms. The van der Waals surface area contributed by atoms with Gasteiger partial charge in [0.25, 0.3) is 0 Å². The van der Waals surface area contributed by atoms with Gasteiger partial charge in [-0.3, -0.25) is 0 Å². The SMILES string of the molecule is CC1=C(C)CCC=C1.CC=CC(C)(C)c1cc(C(C)(C)C)ccc1CCc1ccc(C#N)cc1C. The molecule has 2 aromatic carbocycles. The van der Waals surface area contributed by atoms with Gasteiger partial charge in [0.15, 0.2) is 0 Å². The fraction of sp³-hybridized carbons (Fsp3) is 0.441. The highest BCUT2D eigenvalue weighted by molar-refractivity contribution is 5.43. The Labute approximate surface area is 215 Å². The number of benzene rings is 2. The molecule has 0 atom stereocenters. The molecule has 0 amide bonds. The summed E-state index contributed by atoms with van der Waals surface area (Å²) in [6, 6.07) is 15.3. The number of hydrogen-bond acceptors (Lipinski definition) is 1. The van der Waals surface area contributed by atoms with E-state index in [1.54, 1.807) is 5.57 Å². The molecular formula is C34H45N. The largest absolute Gasteiger partial charge is 0.192 e. The summed E-state index contributed by atoms with van der Waals surface area (Å²) in [6.45, 7) is 20.0. The summed E-state index contributed by atoms with van der Waals surface area (Å²) in [5.41, 5.74) is 10.6. The molecule has 3 rings (SSSR count). The van der Waals surface area contributed by atoms with Gasteiger partial charge in [-0.25, -0.2) is 0 Å². The summed E-state index contributed by atoms with van der Waals surface area (Å²) in [7, 11) is 0. The van der Waals surface area contributed by atoms with Crippen LogP contribution in [-0.2, 0) is 23.7 Å². The highest BCUT2D eigenvalue weighted by Gasteiger charge is 2.23. The van der Waals surface area contributed by atoms with Crippen molar-refractivity contribution in [3.05, 3.63) is 105 Å². The molecule has 0 bridgehead atoms. The minimum absolute atomic E-state index is 0.00501. The number of allylic oxidation sites excluding steroid dienone is 6. The van der Waals surface area contributed by atoms with Crippen molar-refractivity contribution >= 4 is 0 Å². The highest BCUT2D eigenvalue weighted by atomic mass is 14.3. The van der Waals surface area contributed by atoms with Crippen LogP contribution in [0.5, 0.6) is 0 Å². The molecular weight excluding hydrogens is 422 g/mol. The molecule has 186 valence electrons. The average Bonchev–Trinajstić information content (AvgIpc) is 2.80. The predicted molar refractivity (Wildman–Crippen MR) is 153 cm³/mol. The van der Waals surface area contributed by atoms with E-state index < -0.39 is 0 Å². The first kappa shape index (κ1) is 28.4. The topological polar surface area (TPSA) is 23.8 Å². The quantitative estimate of drug-likeness (QED) is 0.402. The van der Waals surface area contributed by atoms with Gasteiger partial charge in [-0.2, -0.15) is 5.26 Å². The molecule has 1 aliphatic carbocycles. The van der Waals surface area contributed by atoms with Crippen LogP contribution < -0.4 is 0 Å². The molecule has 0 aromatic heterocycles. The lowest BCUT2D eigenvalue weighted by Crippen LogP contribution is -2.20. The molecule has 35 heavy (non-hydrogen) atoms. The number of rotatable bonds is 5. The van der Waals surface area contributed by atoms with Crippen LogP contribution in [0.25, 0.3) is 0 Å². The average molecular weight is 468 g/mol. The van der Waals surface area contributed by atoms with Crippen LogP contribution >= 0.6 is 0 Å². The molecule has 0 N–H and O–H groups in total. The summed E-state index contributed by atoms with van der Waals surface area (Å²) in [5.74, 6) is 0. The Balaban J connectivity index is 0.000000456. The monoisotopic (exact) mass is 467 g/mol. The lowest BCUT2D eigenvalue weighted by Gasteiger charge is -2.28. The minimum Gasteiger partial charge on any atom is -0.192 e. The molecule has 1 aliphatic rings. The number of aryl methyl sites for hydroxylation is 3. The van der Waals surface area contributed by atoms with E-state index in [1.807, 2.05) is 12.1 Å². The summed E-state index contributed by atoms with van der Waals surface area (Å²) in [5, 5.41) is 9.07. The molecule has 0 aliphatic heterocycles. The third-order valence-electron chi connectivity index (χ3n) is 7.12. The fourth-order valence-corrected chi connectivity index (χ4v) is 4.58. The molecule has 0 radical (unpaired) electrons.